The summed E-state index contributed by atoms with van der Waals surface area (Å²) in [6.45, 7) is 10.3. The first kappa shape index (κ1) is 9.68. The molecule has 0 fully saturated rings. The van der Waals surface area contributed by atoms with E-state index in [-0.39, 0.29) is 32.7 Å². The molecule has 0 spiro atoms. The minimum absolute atomic E-state index is 0. The number of allylic oxidation sites excluding steroid dienone is 2. The molecule has 0 nitrogen and oxygen atoms in total. The summed E-state index contributed by atoms with van der Waals surface area (Å²) >= 11 is 0. The quantitative estimate of drug-likeness (QED) is 0.399. The van der Waals surface area contributed by atoms with Crippen molar-refractivity contribution in [3.8, 4) is 0 Å². The van der Waals surface area contributed by atoms with E-state index in [0.29, 0.717) is 0 Å². The van der Waals surface area contributed by atoms with E-state index >= 15 is 0 Å². The predicted octanol–water partition coefficient (Wildman–Crippen LogP) is 1.56. The molecule has 0 aromatic heterocycles. The molecule has 0 saturated heterocycles. The Bertz CT molecular complexity index is 55.0. The minimum atomic E-state index is 0. The average Bonchev–Trinajstić information content (AvgIpc) is 1.38. The van der Waals surface area contributed by atoms with Gasteiger partial charge in [-0.1, -0.05) is 0 Å². The third kappa shape index (κ3) is 8.82. The van der Waals surface area contributed by atoms with Crippen molar-refractivity contribution >= 4 is 0 Å². The molecule has 0 amide bonds. The smallest absolute Gasteiger partial charge is 0 e. The summed E-state index contributed by atoms with van der Waals surface area (Å²) in [5, 5.41) is 0. The van der Waals surface area contributed by atoms with Gasteiger partial charge in [-0.15, -0.1) is 0 Å². The van der Waals surface area contributed by atoms with E-state index in [0.717, 1.165) is 5.57 Å². The van der Waals surface area contributed by atoms with Crippen molar-refractivity contribution in [1.82, 2.24) is 0 Å². The summed E-state index contributed by atoms with van der Waals surface area (Å²) < 4.78 is 0. The molecule has 0 aliphatic carbocycles. The maximum absolute atomic E-state index is 3.44. The van der Waals surface area contributed by atoms with Crippen molar-refractivity contribution in [3.63, 3.8) is 0 Å². The van der Waals surface area contributed by atoms with Crippen LogP contribution in [0.2, 0.25) is 0 Å². The molecular weight excluding hydrogens is 149 g/mol. The van der Waals surface area contributed by atoms with E-state index < -0.39 is 0 Å². The van der Waals surface area contributed by atoms with Gasteiger partial charge >= 0.3 is 0 Å². The Morgan fingerprint density at radius 3 is 1.83 bits per heavy atom. The van der Waals surface area contributed by atoms with Crippen LogP contribution in [-0.2, 0) is 32.7 Å². The van der Waals surface area contributed by atoms with Gasteiger partial charge in [-0.2, -0.15) is 26.2 Å². The van der Waals surface area contributed by atoms with E-state index in [2.05, 4.69) is 20.1 Å². The van der Waals surface area contributed by atoms with Gasteiger partial charge in [0.2, 0.25) is 0 Å². The zero-order chi connectivity index (χ0) is 4.28. The SMILES string of the molecule is C=CC(=C)[CH2-].[Y]. The fourth-order valence-electron chi connectivity index (χ4n) is 0. The molecule has 0 heterocycles. The molecule has 0 rings (SSSR count). The largest absolute Gasteiger partial charge is 0.203 e. The van der Waals surface area contributed by atoms with Crippen LogP contribution in [0, 0.1) is 6.92 Å². The zero-order valence-corrected chi connectivity index (χ0v) is 6.61. The molecule has 0 bridgehead atoms. The number of rotatable bonds is 1. The van der Waals surface area contributed by atoms with Gasteiger partial charge in [0.1, 0.15) is 0 Å². The normalized spacial score (nSPS) is 5.33. The first-order valence-electron chi connectivity index (χ1n) is 1.40. The van der Waals surface area contributed by atoms with Gasteiger partial charge in [0.25, 0.3) is 0 Å². The fraction of sp³-hybridized carbons (Fsp3) is 0. The first-order valence-corrected chi connectivity index (χ1v) is 1.40. The van der Waals surface area contributed by atoms with Gasteiger partial charge in [0, 0.05) is 32.7 Å². The Balaban J connectivity index is 0. The fourth-order valence-corrected chi connectivity index (χ4v) is 0. The summed E-state index contributed by atoms with van der Waals surface area (Å²) in [7, 11) is 0. The van der Waals surface area contributed by atoms with Crippen LogP contribution in [0.1, 0.15) is 0 Å². The molecule has 0 aliphatic rings. The van der Waals surface area contributed by atoms with Gasteiger partial charge in [0.15, 0.2) is 0 Å². The van der Waals surface area contributed by atoms with Crippen LogP contribution in [0.15, 0.2) is 24.8 Å². The summed E-state index contributed by atoms with van der Waals surface area (Å²) in [5.41, 5.74) is 0.769. The van der Waals surface area contributed by atoms with Crippen LogP contribution in [0.3, 0.4) is 0 Å². The van der Waals surface area contributed by atoms with E-state index in [1.165, 1.54) is 0 Å². The van der Waals surface area contributed by atoms with Crippen LogP contribution in [-0.4, -0.2) is 0 Å². The molecule has 31 valence electrons. The van der Waals surface area contributed by atoms with Crippen molar-refractivity contribution in [1.29, 1.82) is 0 Å². The van der Waals surface area contributed by atoms with Crippen LogP contribution >= 0.6 is 0 Å². The van der Waals surface area contributed by atoms with Crippen molar-refractivity contribution in [2.45, 2.75) is 0 Å². The molecule has 1 radical (unpaired) electrons. The molecule has 0 aromatic carbocycles. The Morgan fingerprint density at radius 2 is 1.83 bits per heavy atom. The Kier molecular flexibility index (Phi) is 8.80. The van der Waals surface area contributed by atoms with Crippen LogP contribution in [0.25, 0.3) is 0 Å². The van der Waals surface area contributed by atoms with Crippen molar-refractivity contribution in [3.05, 3.63) is 31.7 Å². The van der Waals surface area contributed by atoms with Crippen molar-refractivity contribution < 1.29 is 32.7 Å². The van der Waals surface area contributed by atoms with Gasteiger partial charge in [-0.05, 0) is 0 Å². The van der Waals surface area contributed by atoms with Crippen LogP contribution in [0.4, 0.5) is 0 Å². The van der Waals surface area contributed by atoms with E-state index in [1.54, 1.807) is 6.08 Å². The van der Waals surface area contributed by atoms with Crippen molar-refractivity contribution in [2.24, 2.45) is 0 Å². The molecule has 0 saturated carbocycles. The van der Waals surface area contributed by atoms with E-state index in [9.17, 15) is 0 Å². The molecule has 0 N–H and O–H groups in total. The van der Waals surface area contributed by atoms with Gasteiger partial charge in [-0.3, -0.25) is 0 Å². The summed E-state index contributed by atoms with van der Waals surface area (Å²) in [4.78, 5) is 0. The molecule has 6 heavy (non-hydrogen) atoms. The molecule has 0 atom stereocenters. The molecule has 1 heteroatoms. The Labute approximate surface area is 64.2 Å². The molecule has 0 aromatic rings. The van der Waals surface area contributed by atoms with Crippen LogP contribution < -0.4 is 0 Å². The Morgan fingerprint density at radius 1 is 1.67 bits per heavy atom. The van der Waals surface area contributed by atoms with E-state index in [4.69, 9.17) is 0 Å². The third-order valence-corrected chi connectivity index (χ3v) is 0.289. The second kappa shape index (κ2) is 5.45. The maximum Gasteiger partial charge on any atom is 0 e. The molecular formula is C5H7Y-. The summed E-state index contributed by atoms with van der Waals surface area (Å²) in [5.74, 6) is 0. The average molecular weight is 156 g/mol. The van der Waals surface area contributed by atoms with E-state index in [1.807, 2.05) is 0 Å². The first-order chi connectivity index (χ1) is 2.27. The van der Waals surface area contributed by atoms with Crippen LogP contribution in [0.5, 0.6) is 0 Å². The third-order valence-electron chi connectivity index (χ3n) is 0.289. The second-order valence-electron chi connectivity index (χ2n) is 0.862. The van der Waals surface area contributed by atoms with Gasteiger partial charge in [-0.25, -0.2) is 5.57 Å². The topological polar surface area (TPSA) is 0 Å². The van der Waals surface area contributed by atoms with Gasteiger partial charge < -0.3 is 0 Å². The molecule has 0 unspecified atom stereocenters. The predicted molar refractivity (Wildman–Crippen MR) is 24.7 cm³/mol. The monoisotopic (exact) mass is 156 g/mol. The summed E-state index contributed by atoms with van der Waals surface area (Å²) in [6, 6.07) is 0. The Hall–Kier alpha value is 0.454. The number of hydrogen-bond donors (Lipinski definition) is 0. The second-order valence-corrected chi connectivity index (χ2v) is 0.862. The minimum Gasteiger partial charge on any atom is -0.203 e. The van der Waals surface area contributed by atoms with Gasteiger partial charge in [0.05, 0.1) is 0 Å². The van der Waals surface area contributed by atoms with Crippen molar-refractivity contribution in [2.75, 3.05) is 0 Å². The number of hydrogen-bond acceptors (Lipinski definition) is 0. The standard InChI is InChI=1S/C5H7.Y/c1-4-5(2)3;/h4H,1-3H2;/q-1;. The zero-order valence-electron chi connectivity index (χ0n) is 3.78. The molecule has 0 aliphatic heterocycles. The maximum atomic E-state index is 3.44. The summed E-state index contributed by atoms with van der Waals surface area (Å²) in [6.07, 6.45) is 1.61.